The molecule has 6 heteroatoms. The largest absolute Gasteiger partial charge is 0.394 e. The summed E-state index contributed by atoms with van der Waals surface area (Å²) in [6.45, 7) is 1.04. The molecule has 0 amide bonds. The number of nitrogens with zero attached hydrogens (tertiary/aromatic N) is 2. The predicted molar refractivity (Wildman–Crippen MR) is 74.8 cm³/mol. The van der Waals surface area contributed by atoms with E-state index in [-0.39, 0.29) is 12.6 Å². The van der Waals surface area contributed by atoms with E-state index in [9.17, 15) is 13.5 Å². The Kier molecular flexibility index (Phi) is 4.13. The molecule has 1 saturated heterocycles. The molecule has 1 N–H and O–H groups in total. The molecule has 0 radical (unpaired) electrons. The fourth-order valence-electron chi connectivity index (χ4n) is 2.39. The highest BCUT2D eigenvalue weighted by atomic mass is 32.2. The molecule has 19 heavy (non-hydrogen) atoms. The molecule has 0 bridgehead atoms. The lowest BCUT2D eigenvalue weighted by Crippen LogP contribution is -2.32. The molecular formula is C13H20N2O3S. The third kappa shape index (κ3) is 2.75. The lowest BCUT2D eigenvalue weighted by molar-refractivity contribution is 0.266. The predicted octanol–water partition coefficient (Wildman–Crippen LogP) is 0.898. The van der Waals surface area contributed by atoms with Crippen LogP contribution in [0.4, 0.5) is 5.69 Å². The van der Waals surface area contributed by atoms with E-state index in [1.165, 1.54) is 18.4 Å². The Morgan fingerprint density at radius 3 is 2.47 bits per heavy atom. The van der Waals surface area contributed by atoms with Gasteiger partial charge >= 0.3 is 0 Å². The molecule has 0 saturated carbocycles. The van der Waals surface area contributed by atoms with Gasteiger partial charge in [-0.3, -0.25) is 0 Å². The van der Waals surface area contributed by atoms with Gasteiger partial charge in [0.05, 0.1) is 17.5 Å². The second-order valence-corrected chi connectivity index (χ2v) is 7.11. The van der Waals surface area contributed by atoms with E-state index < -0.39 is 10.0 Å². The summed E-state index contributed by atoms with van der Waals surface area (Å²) in [6.07, 6.45) is 2.04. The lowest BCUT2D eigenvalue weighted by Gasteiger charge is -2.25. The maximum Gasteiger partial charge on any atom is 0.242 e. The summed E-state index contributed by atoms with van der Waals surface area (Å²) in [5.41, 5.74) is 0.967. The average molecular weight is 284 g/mol. The molecule has 1 unspecified atom stereocenters. The summed E-state index contributed by atoms with van der Waals surface area (Å²) in [6, 6.07) is 7.01. The zero-order valence-corrected chi connectivity index (χ0v) is 12.1. The van der Waals surface area contributed by atoms with Crippen molar-refractivity contribution in [3.05, 3.63) is 24.3 Å². The van der Waals surface area contributed by atoms with Crippen molar-refractivity contribution in [2.75, 3.05) is 32.1 Å². The number of rotatable bonds is 4. The third-order valence-corrected chi connectivity index (χ3v) is 5.36. The van der Waals surface area contributed by atoms with Crippen LogP contribution in [-0.2, 0) is 10.0 Å². The van der Waals surface area contributed by atoms with Crippen molar-refractivity contribution in [2.24, 2.45) is 0 Å². The summed E-state index contributed by atoms with van der Waals surface area (Å²) in [5.74, 6) is 0. The molecule has 0 aromatic heterocycles. The molecule has 0 spiro atoms. The standard InChI is InChI=1S/C13H20N2O3S/c1-14(2)19(17,18)13-7-5-11(6-8-13)15-9-3-4-12(15)10-16/h5-8,12,16H,3-4,9-10H2,1-2H3. The quantitative estimate of drug-likeness (QED) is 0.892. The van der Waals surface area contributed by atoms with Gasteiger partial charge in [-0.2, -0.15) is 0 Å². The van der Waals surface area contributed by atoms with Gasteiger partial charge in [-0.25, -0.2) is 12.7 Å². The van der Waals surface area contributed by atoms with Crippen molar-refractivity contribution >= 4 is 15.7 Å². The maximum atomic E-state index is 12.0. The Morgan fingerprint density at radius 1 is 1.32 bits per heavy atom. The van der Waals surface area contributed by atoms with Crippen molar-refractivity contribution in [1.82, 2.24) is 4.31 Å². The minimum atomic E-state index is -3.37. The van der Waals surface area contributed by atoms with Crippen LogP contribution in [0.25, 0.3) is 0 Å². The summed E-state index contributed by atoms with van der Waals surface area (Å²) >= 11 is 0. The van der Waals surface area contributed by atoms with E-state index in [2.05, 4.69) is 4.90 Å². The highest BCUT2D eigenvalue weighted by molar-refractivity contribution is 7.89. The summed E-state index contributed by atoms with van der Waals surface area (Å²) in [4.78, 5) is 2.42. The molecule has 1 heterocycles. The number of anilines is 1. The topological polar surface area (TPSA) is 60.9 Å². The first-order valence-corrected chi connectivity index (χ1v) is 7.81. The average Bonchev–Trinajstić information content (AvgIpc) is 2.87. The highest BCUT2D eigenvalue weighted by Crippen LogP contribution is 2.26. The second kappa shape index (κ2) is 5.48. The molecule has 5 nitrogen and oxygen atoms in total. The Hall–Kier alpha value is -1.11. The zero-order chi connectivity index (χ0) is 14.0. The van der Waals surface area contributed by atoms with E-state index in [1.807, 2.05) is 12.1 Å². The Balaban J connectivity index is 2.24. The van der Waals surface area contributed by atoms with Crippen LogP contribution < -0.4 is 4.90 Å². The molecule has 2 rings (SSSR count). The monoisotopic (exact) mass is 284 g/mol. The molecule has 1 aromatic carbocycles. The summed E-state index contributed by atoms with van der Waals surface area (Å²) in [5, 5.41) is 9.31. The zero-order valence-electron chi connectivity index (χ0n) is 11.3. The van der Waals surface area contributed by atoms with Gasteiger partial charge in [0.15, 0.2) is 0 Å². The van der Waals surface area contributed by atoms with Gasteiger partial charge in [0.2, 0.25) is 10.0 Å². The SMILES string of the molecule is CN(C)S(=O)(=O)c1ccc(N2CCCC2CO)cc1. The molecule has 1 atom stereocenters. The Labute approximate surface area is 114 Å². The van der Waals surface area contributed by atoms with Crippen LogP contribution in [0.15, 0.2) is 29.2 Å². The van der Waals surface area contributed by atoms with Crippen LogP contribution in [-0.4, -0.2) is 51.1 Å². The van der Waals surface area contributed by atoms with Gasteiger partial charge in [-0.1, -0.05) is 0 Å². The van der Waals surface area contributed by atoms with Crippen LogP contribution >= 0.6 is 0 Å². The first-order chi connectivity index (χ1) is 8.96. The first-order valence-electron chi connectivity index (χ1n) is 6.37. The maximum absolute atomic E-state index is 12.0. The lowest BCUT2D eigenvalue weighted by atomic mass is 10.2. The molecule has 1 aliphatic rings. The molecule has 0 aliphatic carbocycles. The highest BCUT2D eigenvalue weighted by Gasteiger charge is 2.24. The smallest absolute Gasteiger partial charge is 0.242 e. The number of aliphatic hydroxyl groups excluding tert-OH is 1. The van der Waals surface area contributed by atoms with Crippen LogP contribution in [0.1, 0.15) is 12.8 Å². The third-order valence-electron chi connectivity index (χ3n) is 3.53. The normalized spacial score (nSPS) is 20.2. The van der Waals surface area contributed by atoms with Crippen LogP contribution in [0.5, 0.6) is 0 Å². The molecule has 1 aliphatic heterocycles. The van der Waals surface area contributed by atoms with E-state index in [1.54, 1.807) is 12.1 Å². The van der Waals surface area contributed by atoms with Crippen molar-refractivity contribution in [3.8, 4) is 0 Å². The minimum absolute atomic E-state index is 0.137. The first kappa shape index (κ1) is 14.3. The number of sulfonamides is 1. The molecule has 106 valence electrons. The van der Waals surface area contributed by atoms with Gasteiger partial charge in [0, 0.05) is 26.3 Å². The van der Waals surface area contributed by atoms with Crippen molar-refractivity contribution in [2.45, 2.75) is 23.8 Å². The van der Waals surface area contributed by atoms with Crippen molar-refractivity contribution in [3.63, 3.8) is 0 Å². The molecular weight excluding hydrogens is 264 g/mol. The number of aliphatic hydroxyl groups is 1. The van der Waals surface area contributed by atoms with Crippen LogP contribution in [0.2, 0.25) is 0 Å². The summed E-state index contributed by atoms with van der Waals surface area (Å²) < 4.78 is 25.1. The van der Waals surface area contributed by atoms with Gasteiger partial charge in [-0.05, 0) is 37.1 Å². The number of hydrogen-bond donors (Lipinski definition) is 1. The van der Waals surface area contributed by atoms with E-state index >= 15 is 0 Å². The summed E-state index contributed by atoms with van der Waals surface area (Å²) in [7, 11) is -0.332. The van der Waals surface area contributed by atoms with Gasteiger partial charge < -0.3 is 10.0 Å². The fourth-order valence-corrected chi connectivity index (χ4v) is 3.29. The second-order valence-electron chi connectivity index (χ2n) is 4.95. The number of hydrogen-bond acceptors (Lipinski definition) is 4. The van der Waals surface area contributed by atoms with Gasteiger partial charge in [0.25, 0.3) is 0 Å². The molecule has 1 fully saturated rings. The van der Waals surface area contributed by atoms with Crippen molar-refractivity contribution < 1.29 is 13.5 Å². The van der Waals surface area contributed by atoms with E-state index in [4.69, 9.17) is 0 Å². The Morgan fingerprint density at radius 2 is 1.95 bits per heavy atom. The van der Waals surface area contributed by atoms with Gasteiger partial charge in [0.1, 0.15) is 0 Å². The van der Waals surface area contributed by atoms with E-state index in [0.717, 1.165) is 25.1 Å². The van der Waals surface area contributed by atoms with Gasteiger partial charge in [-0.15, -0.1) is 0 Å². The van der Waals surface area contributed by atoms with E-state index in [0.29, 0.717) is 4.90 Å². The van der Waals surface area contributed by atoms with Crippen molar-refractivity contribution in [1.29, 1.82) is 0 Å². The van der Waals surface area contributed by atoms with Crippen LogP contribution in [0, 0.1) is 0 Å². The minimum Gasteiger partial charge on any atom is -0.394 e. The molecule has 1 aromatic rings. The van der Waals surface area contributed by atoms with Crippen LogP contribution in [0.3, 0.4) is 0 Å². The Bertz CT molecular complexity index is 525. The number of benzene rings is 1. The fraction of sp³-hybridized carbons (Fsp3) is 0.538.